The van der Waals surface area contributed by atoms with E-state index in [1.165, 1.54) is 0 Å². The number of carbonyl (C=O) groups excluding carboxylic acids is 1. The first kappa shape index (κ1) is 21.5. The van der Waals surface area contributed by atoms with E-state index >= 15 is 0 Å². The van der Waals surface area contributed by atoms with Crippen molar-refractivity contribution in [3.63, 3.8) is 0 Å². The Morgan fingerprint density at radius 1 is 1.06 bits per heavy atom. The molecule has 3 aromatic rings. The number of carbonyl (C=O) groups is 1. The molecule has 2 saturated carbocycles. The lowest BCUT2D eigenvalue weighted by atomic mass is 9.62. The predicted molar refractivity (Wildman–Crippen MR) is 124 cm³/mol. The van der Waals surface area contributed by atoms with Gasteiger partial charge in [-0.15, -0.1) is 0 Å². The maximum Gasteiger partial charge on any atom is 0.255 e. The van der Waals surface area contributed by atoms with Crippen LogP contribution in [0.4, 0.5) is 0 Å². The highest BCUT2D eigenvalue weighted by molar-refractivity contribution is 6.01. The van der Waals surface area contributed by atoms with Gasteiger partial charge in [-0.25, -0.2) is 0 Å². The molecule has 2 aliphatic heterocycles. The molecule has 1 unspecified atom stereocenters. The number of aromatic hydroxyl groups is 1. The first-order valence-electron chi connectivity index (χ1n) is 11.8. The third kappa shape index (κ3) is 2.74. The molecule has 2 aromatic carbocycles. The summed E-state index contributed by atoms with van der Waals surface area (Å²) >= 11 is 0. The summed E-state index contributed by atoms with van der Waals surface area (Å²) in [6.07, 6.45) is -2.04. The molecule has 0 radical (unpaired) electrons. The minimum absolute atomic E-state index is 0.0270. The summed E-state index contributed by atoms with van der Waals surface area (Å²) in [4.78, 5) is 13.0. The van der Waals surface area contributed by atoms with Crippen LogP contribution in [0.2, 0.25) is 0 Å². The number of hydrogen-bond donors (Lipinski definition) is 5. The zero-order chi connectivity index (χ0) is 24.8. The highest BCUT2D eigenvalue weighted by Gasteiger charge is 2.72. The normalized spacial score (nSPS) is 33.6. The molecule has 184 valence electrons. The minimum Gasteiger partial charge on any atom is -0.504 e. The van der Waals surface area contributed by atoms with Gasteiger partial charge in [0.05, 0.1) is 29.6 Å². The van der Waals surface area contributed by atoms with Crippen LogP contribution >= 0.6 is 0 Å². The molecule has 2 aliphatic carbocycles. The third-order valence-corrected chi connectivity index (χ3v) is 8.25. The molecule has 10 nitrogen and oxygen atoms in total. The standard InChI is InChI=1S/C26H23N3O7/c30-20-17-13(7-16-23(20)36-10-35-16)18-19(28-25(17)34)21(31)22(32)24(33)26(18)8-14(26)12-6-15(29-27-9-12)11-4-2-1-3-5-11/h1-7,9,14,18-19,21-22,24,30-33H,8,10H2,(H,28,34)/t14?,18-,19-,21+,22+,24-,26+/m1/s1. The van der Waals surface area contributed by atoms with Crippen LogP contribution in [0.15, 0.2) is 48.7 Å². The van der Waals surface area contributed by atoms with Crippen molar-refractivity contribution in [3.8, 4) is 28.5 Å². The summed E-state index contributed by atoms with van der Waals surface area (Å²) in [6.45, 7) is -0.0931. The highest BCUT2D eigenvalue weighted by atomic mass is 16.7. The van der Waals surface area contributed by atoms with Gasteiger partial charge in [0.1, 0.15) is 12.2 Å². The van der Waals surface area contributed by atoms with Crippen molar-refractivity contribution < 1.29 is 34.7 Å². The molecule has 3 heterocycles. The smallest absolute Gasteiger partial charge is 0.255 e. The average Bonchev–Trinajstić information content (AvgIpc) is 3.45. The number of nitrogens with zero attached hydrogens (tertiary/aromatic N) is 2. The zero-order valence-corrected chi connectivity index (χ0v) is 18.9. The van der Waals surface area contributed by atoms with Crippen LogP contribution in [-0.4, -0.2) is 67.7 Å². The Bertz CT molecular complexity index is 1400. The monoisotopic (exact) mass is 489 g/mol. The maximum absolute atomic E-state index is 13.0. The van der Waals surface area contributed by atoms with Gasteiger partial charge in [0.25, 0.3) is 5.91 Å². The zero-order valence-electron chi connectivity index (χ0n) is 18.9. The SMILES string of the molecule is O=C1N[C@H]2[C@H](O)[C@H](O)[C@@H](O)[C@]3(CC3c3cnnc(-c4ccccc4)c3)[C@@H]2c2cc3c(c(O)c21)OCO3. The average molecular weight is 489 g/mol. The van der Waals surface area contributed by atoms with E-state index in [2.05, 4.69) is 15.5 Å². The number of hydrogen-bond acceptors (Lipinski definition) is 9. The molecule has 4 aliphatic rings. The van der Waals surface area contributed by atoms with Crippen LogP contribution in [0.25, 0.3) is 11.3 Å². The summed E-state index contributed by atoms with van der Waals surface area (Å²) in [6, 6.07) is 12.3. The van der Waals surface area contributed by atoms with Gasteiger partial charge in [0.15, 0.2) is 11.5 Å². The molecule has 10 heteroatoms. The molecule has 1 amide bonds. The van der Waals surface area contributed by atoms with Crippen molar-refractivity contribution in [2.24, 2.45) is 5.41 Å². The lowest BCUT2D eigenvalue weighted by Crippen LogP contribution is -2.65. The van der Waals surface area contributed by atoms with Gasteiger partial charge in [0, 0.05) is 16.9 Å². The Morgan fingerprint density at radius 3 is 2.67 bits per heavy atom. The van der Waals surface area contributed by atoms with E-state index in [4.69, 9.17) is 9.47 Å². The number of aromatic nitrogens is 2. The van der Waals surface area contributed by atoms with Crippen molar-refractivity contribution in [3.05, 3.63) is 65.4 Å². The number of nitrogens with one attached hydrogen (secondary N) is 1. The number of ether oxygens (including phenoxy) is 2. The molecule has 2 fully saturated rings. The van der Waals surface area contributed by atoms with Crippen molar-refractivity contribution in [2.75, 3.05) is 6.79 Å². The molecule has 0 saturated heterocycles. The summed E-state index contributed by atoms with van der Waals surface area (Å²) in [5.74, 6) is -1.40. The van der Waals surface area contributed by atoms with Gasteiger partial charge < -0.3 is 35.2 Å². The Morgan fingerprint density at radius 2 is 1.86 bits per heavy atom. The van der Waals surface area contributed by atoms with Crippen LogP contribution in [0.3, 0.4) is 0 Å². The maximum atomic E-state index is 13.0. The molecule has 7 rings (SSSR count). The molecular weight excluding hydrogens is 466 g/mol. The van der Waals surface area contributed by atoms with Gasteiger partial charge in [-0.05, 0) is 35.6 Å². The van der Waals surface area contributed by atoms with Crippen LogP contribution in [0, 0.1) is 5.41 Å². The van der Waals surface area contributed by atoms with Crippen LogP contribution in [0.5, 0.6) is 17.2 Å². The van der Waals surface area contributed by atoms with Crippen LogP contribution in [0.1, 0.15) is 39.7 Å². The second-order valence-corrected chi connectivity index (χ2v) is 9.94. The number of amides is 1. The number of benzene rings is 2. The fourth-order valence-electron chi connectivity index (χ4n) is 6.55. The van der Waals surface area contributed by atoms with Crippen molar-refractivity contribution >= 4 is 5.91 Å². The Balaban J connectivity index is 1.37. The van der Waals surface area contributed by atoms with Gasteiger partial charge in [-0.2, -0.15) is 10.2 Å². The first-order chi connectivity index (χ1) is 17.4. The minimum atomic E-state index is -1.47. The lowest BCUT2D eigenvalue weighted by molar-refractivity contribution is -0.141. The van der Waals surface area contributed by atoms with E-state index in [9.17, 15) is 25.2 Å². The highest BCUT2D eigenvalue weighted by Crippen LogP contribution is 2.72. The second kappa shape index (κ2) is 7.39. The predicted octanol–water partition coefficient (Wildman–Crippen LogP) is 1.04. The first-order valence-corrected chi connectivity index (χ1v) is 11.8. The number of aliphatic hydroxyl groups excluding tert-OH is 3. The Hall–Kier alpha value is -3.73. The van der Waals surface area contributed by atoms with Crippen LogP contribution < -0.4 is 14.8 Å². The molecule has 36 heavy (non-hydrogen) atoms. The summed E-state index contributed by atoms with van der Waals surface area (Å²) in [5, 5.41) is 55.2. The molecule has 1 spiro atoms. The molecule has 5 N–H and O–H groups in total. The summed E-state index contributed by atoms with van der Waals surface area (Å²) < 4.78 is 10.8. The van der Waals surface area contributed by atoms with E-state index in [-0.39, 0.29) is 29.8 Å². The lowest BCUT2D eigenvalue weighted by Gasteiger charge is -2.50. The number of phenols is 1. The fraction of sp³-hybridized carbons (Fsp3) is 0.346. The molecule has 0 bridgehead atoms. The van der Waals surface area contributed by atoms with E-state index in [0.717, 1.165) is 11.1 Å². The number of aliphatic hydroxyl groups is 3. The van der Waals surface area contributed by atoms with Crippen molar-refractivity contribution in [1.82, 2.24) is 15.5 Å². The number of fused-ring (bicyclic) bond motifs is 5. The molecule has 7 atom stereocenters. The second-order valence-electron chi connectivity index (χ2n) is 9.94. The molecular formula is C26H23N3O7. The fourth-order valence-corrected chi connectivity index (χ4v) is 6.55. The Labute approximate surface area is 205 Å². The van der Waals surface area contributed by atoms with E-state index in [1.54, 1.807) is 12.3 Å². The molecule has 1 aromatic heterocycles. The van der Waals surface area contributed by atoms with Gasteiger partial charge >= 0.3 is 0 Å². The summed E-state index contributed by atoms with van der Waals surface area (Å²) in [7, 11) is 0. The van der Waals surface area contributed by atoms with Gasteiger partial charge in [-0.3, -0.25) is 4.79 Å². The topological polar surface area (TPSA) is 154 Å². The Kier molecular flexibility index (Phi) is 4.42. The largest absolute Gasteiger partial charge is 0.504 e. The van der Waals surface area contributed by atoms with E-state index in [1.807, 2.05) is 36.4 Å². The van der Waals surface area contributed by atoms with Gasteiger partial charge in [0.2, 0.25) is 12.5 Å². The van der Waals surface area contributed by atoms with E-state index < -0.39 is 41.6 Å². The summed E-state index contributed by atoms with van der Waals surface area (Å²) in [5.41, 5.74) is 1.95. The van der Waals surface area contributed by atoms with Crippen molar-refractivity contribution in [1.29, 1.82) is 0 Å². The quantitative estimate of drug-likeness (QED) is 0.355. The van der Waals surface area contributed by atoms with Crippen molar-refractivity contribution in [2.45, 2.75) is 42.6 Å². The number of phenolic OH excluding ortho intramolecular Hbond substituents is 1. The van der Waals surface area contributed by atoms with Crippen LogP contribution in [-0.2, 0) is 0 Å². The number of rotatable bonds is 2. The third-order valence-electron chi connectivity index (χ3n) is 8.25. The van der Waals surface area contributed by atoms with Gasteiger partial charge in [-0.1, -0.05) is 30.3 Å². The van der Waals surface area contributed by atoms with E-state index in [0.29, 0.717) is 23.4 Å².